The van der Waals surface area contributed by atoms with Crippen LogP contribution < -0.4 is 14.9 Å². The van der Waals surface area contributed by atoms with Crippen molar-refractivity contribution in [2.24, 2.45) is 0 Å². The van der Waals surface area contributed by atoms with Crippen molar-refractivity contribution < 1.29 is 13.2 Å². The molecular weight excluding hydrogens is 428 g/mol. The van der Waals surface area contributed by atoms with Crippen molar-refractivity contribution in [3.8, 4) is 5.82 Å². The Morgan fingerprint density at radius 2 is 1.56 bits per heavy atom. The van der Waals surface area contributed by atoms with E-state index in [9.17, 15) is 13.2 Å². The molecule has 9 nitrogen and oxygen atoms in total. The third-order valence-corrected chi connectivity index (χ3v) is 6.36. The molecule has 2 aromatic heterocycles. The average Bonchev–Trinajstić information content (AvgIpc) is 3.32. The van der Waals surface area contributed by atoms with Crippen LogP contribution in [0.4, 0.5) is 21.9 Å². The summed E-state index contributed by atoms with van der Waals surface area (Å²) in [6.07, 6.45) is 4.30. The van der Waals surface area contributed by atoms with Gasteiger partial charge in [-0.25, -0.2) is 22.9 Å². The lowest BCUT2D eigenvalue weighted by atomic mass is 10.3. The molecule has 4 rings (SSSR count). The molecule has 2 heterocycles. The van der Waals surface area contributed by atoms with Crippen molar-refractivity contribution >= 4 is 33.1 Å². The molecule has 10 heteroatoms. The molecule has 2 amide bonds. The lowest BCUT2D eigenvalue weighted by Gasteiger charge is -2.19. The van der Waals surface area contributed by atoms with Crippen LogP contribution in [0.25, 0.3) is 5.82 Å². The number of carbonyl (C=O) groups is 1. The summed E-state index contributed by atoms with van der Waals surface area (Å²) in [6.45, 7) is 0. The average molecular weight is 449 g/mol. The van der Waals surface area contributed by atoms with Crippen LogP contribution in [0.1, 0.15) is 0 Å². The molecule has 32 heavy (non-hydrogen) atoms. The molecular formula is C22H20N6O3S. The number of rotatable bonds is 6. The van der Waals surface area contributed by atoms with E-state index in [-0.39, 0.29) is 4.90 Å². The van der Waals surface area contributed by atoms with Crippen molar-refractivity contribution in [1.82, 2.24) is 14.8 Å². The molecule has 2 N–H and O–H groups in total. The summed E-state index contributed by atoms with van der Waals surface area (Å²) in [5.74, 6) is 0.515. The molecule has 0 radical (unpaired) electrons. The first-order valence-electron chi connectivity index (χ1n) is 9.61. The lowest BCUT2D eigenvalue weighted by Crippen LogP contribution is -2.26. The molecule has 0 atom stereocenters. The summed E-state index contributed by atoms with van der Waals surface area (Å²) in [4.78, 5) is 16.3. The van der Waals surface area contributed by atoms with Gasteiger partial charge >= 0.3 is 6.03 Å². The summed E-state index contributed by atoms with van der Waals surface area (Å²) < 4.78 is 28.6. The van der Waals surface area contributed by atoms with Crippen LogP contribution in [0.3, 0.4) is 0 Å². The third kappa shape index (κ3) is 4.60. The van der Waals surface area contributed by atoms with Gasteiger partial charge in [0.15, 0.2) is 5.82 Å². The lowest BCUT2D eigenvalue weighted by molar-refractivity contribution is 0.262. The smallest absolute Gasteiger partial charge is 0.308 e. The van der Waals surface area contributed by atoms with Gasteiger partial charge in [0.1, 0.15) is 4.90 Å². The second-order valence-corrected chi connectivity index (χ2v) is 8.74. The van der Waals surface area contributed by atoms with Crippen molar-refractivity contribution in [2.75, 3.05) is 22.0 Å². The number of hydrogen-bond donors (Lipinski definition) is 2. The van der Waals surface area contributed by atoms with Gasteiger partial charge in [-0.1, -0.05) is 24.3 Å². The van der Waals surface area contributed by atoms with E-state index in [0.717, 1.165) is 4.31 Å². The van der Waals surface area contributed by atoms with Crippen molar-refractivity contribution in [2.45, 2.75) is 4.90 Å². The number of nitrogens with zero attached hydrogens (tertiary/aromatic N) is 4. The number of para-hydroxylation sites is 1. The number of urea groups is 1. The first-order chi connectivity index (χ1) is 15.4. The van der Waals surface area contributed by atoms with Crippen molar-refractivity contribution in [1.29, 1.82) is 0 Å². The predicted molar refractivity (Wildman–Crippen MR) is 122 cm³/mol. The summed E-state index contributed by atoms with van der Waals surface area (Å²) in [6, 6.07) is 20.4. The molecule has 4 aromatic rings. The number of nitrogens with one attached hydrogen (secondary N) is 2. The Morgan fingerprint density at radius 3 is 2.22 bits per heavy atom. The van der Waals surface area contributed by atoms with Crippen LogP contribution in [0, 0.1) is 0 Å². The van der Waals surface area contributed by atoms with E-state index in [2.05, 4.69) is 20.7 Å². The van der Waals surface area contributed by atoms with Gasteiger partial charge in [0, 0.05) is 24.6 Å². The fourth-order valence-corrected chi connectivity index (χ4v) is 4.05. The summed E-state index contributed by atoms with van der Waals surface area (Å²) in [5, 5.41) is 9.53. The standard InChI is InChI=1S/C22H20N6O3S/c1-27(32(30,31)20-15-24-28(16-20)21-9-5-6-14-23-21)19-12-10-18(11-13-19)26-22(29)25-17-7-3-2-4-8-17/h2-16H,1H3,(H2,25,26,29). The summed E-state index contributed by atoms with van der Waals surface area (Å²) in [5.41, 5.74) is 1.62. The Kier molecular flexibility index (Phi) is 5.86. The number of anilines is 3. The maximum Gasteiger partial charge on any atom is 0.323 e. The first-order valence-corrected chi connectivity index (χ1v) is 11.1. The van der Waals surface area contributed by atoms with Crippen molar-refractivity contribution in [3.63, 3.8) is 0 Å². The molecule has 0 aliphatic heterocycles. The number of carbonyl (C=O) groups excluding carboxylic acids is 1. The maximum atomic E-state index is 13.0. The number of amides is 2. The fourth-order valence-electron chi connectivity index (χ4n) is 2.92. The molecule has 0 saturated carbocycles. The number of aromatic nitrogens is 3. The molecule has 0 aliphatic rings. The quantitative estimate of drug-likeness (QED) is 0.467. The molecule has 2 aromatic carbocycles. The number of benzene rings is 2. The van der Waals surface area contributed by atoms with Gasteiger partial charge in [-0.3, -0.25) is 4.31 Å². The predicted octanol–water partition coefficient (Wildman–Crippen LogP) is 3.74. The highest BCUT2D eigenvalue weighted by molar-refractivity contribution is 7.92. The second kappa shape index (κ2) is 8.90. The van der Waals surface area contributed by atoms with E-state index >= 15 is 0 Å². The highest BCUT2D eigenvalue weighted by Crippen LogP contribution is 2.24. The third-order valence-electron chi connectivity index (χ3n) is 4.62. The number of hydrogen-bond acceptors (Lipinski definition) is 5. The highest BCUT2D eigenvalue weighted by atomic mass is 32.2. The van der Waals surface area contributed by atoms with Gasteiger partial charge in [0.2, 0.25) is 0 Å². The van der Waals surface area contributed by atoms with Crippen LogP contribution in [0.2, 0.25) is 0 Å². The zero-order chi connectivity index (χ0) is 22.6. The molecule has 0 fully saturated rings. The number of pyridine rings is 1. The molecule has 0 unspecified atom stereocenters. The minimum Gasteiger partial charge on any atom is -0.308 e. The summed E-state index contributed by atoms with van der Waals surface area (Å²) >= 11 is 0. The largest absolute Gasteiger partial charge is 0.323 e. The van der Waals surface area contributed by atoms with E-state index < -0.39 is 16.1 Å². The molecule has 162 valence electrons. The van der Waals surface area contributed by atoms with Gasteiger partial charge in [-0.2, -0.15) is 5.10 Å². The van der Waals surface area contributed by atoms with Crippen LogP contribution in [0.5, 0.6) is 0 Å². The zero-order valence-electron chi connectivity index (χ0n) is 17.1. The molecule has 0 saturated heterocycles. The molecule has 0 spiro atoms. The van der Waals surface area contributed by atoms with Gasteiger partial charge in [0.25, 0.3) is 10.0 Å². The Morgan fingerprint density at radius 1 is 0.906 bits per heavy atom. The monoisotopic (exact) mass is 448 g/mol. The molecule has 0 bridgehead atoms. The van der Waals surface area contributed by atoms with Gasteiger partial charge in [0.05, 0.1) is 18.1 Å². The fraction of sp³-hybridized carbons (Fsp3) is 0.0455. The van der Waals surface area contributed by atoms with E-state index in [1.807, 2.05) is 18.2 Å². The van der Waals surface area contributed by atoms with Crippen LogP contribution >= 0.6 is 0 Å². The minimum atomic E-state index is -3.83. The van der Waals surface area contributed by atoms with Crippen molar-refractivity contribution in [3.05, 3.63) is 91.4 Å². The topological polar surface area (TPSA) is 109 Å². The number of sulfonamides is 1. The van der Waals surface area contributed by atoms with Gasteiger partial charge in [-0.05, 0) is 48.5 Å². The second-order valence-electron chi connectivity index (χ2n) is 6.77. The van der Waals surface area contributed by atoms with E-state index in [1.54, 1.807) is 60.8 Å². The van der Waals surface area contributed by atoms with Crippen LogP contribution in [-0.4, -0.2) is 36.3 Å². The first kappa shape index (κ1) is 21.1. The van der Waals surface area contributed by atoms with Crippen LogP contribution in [-0.2, 0) is 10.0 Å². The Hall–Kier alpha value is -4.18. The Balaban J connectivity index is 1.45. The maximum absolute atomic E-state index is 13.0. The van der Waals surface area contributed by atoms with Gasteiger partial charge in [-0.15, -0.1) is 0 Å². The van der Waals surface area contributed by atoms with E-state index in [0.29, 0.717) is 22.9 Å². The normalized spacial score (nSPS) is 11.0. The SMILES string of the molecule is CN(c1ccc(NC(=O)Nc2ccccc2)cc1)S(=O)(=O)c1cnn(-c2ccccn2)c1. The minimum absolute atomic E-state index is 0.0371. The van der Waals surface area contributed by atoms with Crippen LogP contribution in [0.15, 0.2) is 96.3 Å². The Bertz CT molecular complexity index is 1310. The van der Waals surface area contributed by atoms with E-state index in [1.165, 1.54) is 24.1 Å². The zero-order valence-corrected chi connectivity index (χ0v) is 17.9. The molecule has 0 aliphatic carbocycles. The van der Waals surface area contributed by atoms with Gasteiger partial charge < -0.3 is 10.6 Å². The highest BCUT2D eigenvalue weighted by Gasteiger charge is 2.23. The summed E-state index contributed by atoms with van der Waals surface area (Å²) in [7, 11) is -2.38. The Labute approximate surface area is 185 Å². The van der Waals surface area contributed by atoms with E-state index in [4.69, 9.17) is 0 Å².